The molecule has 3 aromatic rings. The number of benzene rings is 3. The fourth-order valence-electron chi connectivity index (χ4n) is 2.12. The van der Waals surface area contributed by atoms with Crippen LogP contribution in [0.15, 0.2) is 76.7 Å². The summed E-state index contributed by atoms with van der Waals surface area (Å²) in [6, 6.07) is 18.7. The van der Waals surface area contributed by atoms with E-state index in [0.29, 0.717) is 5.56 Å². The zero-order valence-corrected chi connectivity index (χ0v) is 12.9. The Bertz CT molecular complexity index is 965. The van der Waals surface area contributed by atoms with Gasteiger partial charge in [-0.25, -0.2) is 4.83 Å². The van der Waals surface area contributed by atoms with E-state index in [-0.39, 0.29) is 10.6 Å². The Morgan fingerprint density at radius 3 is 2.35 bits per heavy atom. The average Bonchev–Trinajstić information content (AvgIpc) is 2.56. The van der Waals surface area contributed by atoms with E-state index in [1.54, 1.807) is 30.3 Å². The lowest BCUT2D eigenvalue weighted by Gasteiger charge is -2.05. The van der Waals surface area contributed by atoms with Crippen molar-refractivity contribution in [3.63, 3.8) is 0 Å². The highest BCUT2D eigenvalue weighted by Gasteiger charge is 2.12. The van der Waals surface area contributed by atoms with Crippen LogP contribution in [0.1, 0.15) is 5.56 Å². The van der Waals surface area contributed by atoms with Crippen LogP contribution in [0, 0.1) is 0 Å². The molecule has 0 amide bonds. The highest BCUT2D eigenvalue weighted by atomic mass is 32.2. The number of aromatic hydroxyl groups is 1. The highest BCUT2D eigenvalue weighted by molar-refractivity contribution is 7.89. The number of nitrogens with zero attached hydrogens (tertiary/aromatic N) is 1. The standard InChI is InChI=1S/C17H14N2O3S/c20-16-8-5-13(6-9-16)12-18-19-23(21,22)17-10-7-14-3-1-2-4-15(14)11-17/h1-12,19-20H/b18-12-. The molecule has 0 aliphatic rings. The fourth-order valence-corrected chi connectivity index (χ4v) is 2.94. The first-order valence-electron chi connectivity index (χ1n) is 6.87. The molecule has 5 nitrogen and oxygen atoms in total. The van der Waals surface area contributed by atoms with E-state index < -0.39 is 10.0 Å². The molecule has 0 atom stereocenters. The molecule has 0 spiro atoms. The zero-order chi connectivity index (χ0) is 16.3. The minimum Gasteiger partial charge on any atom is -0.508 e. The maximum absolute atomic E-state index is 12.3. The third-order valence-corrected chi connectivity index (χ3v) is 4.53. The van der Waals surface area contributed by atoms with Gasteiger partial charge in [-0.3, -0.25) is 0 Å². The monoisotopic (exact) mass is 326 g/mol. The second-order valence-electron chi connectivity index (χ2n) is 4.95. The number of hydrogen-bond acceptors (Lipinski definition) is 4. The lowest BCUT2D eigenvalue weighted by atomic mass is 10.1. The van der Waals surface area contributed by atoms with Crippen molar-refractivity contribution in [1.82, 2.24) is 4.83 Å². The second kappa shape index (κ2) is 6.10. The molecule has 2 N–H and O–H groups in total. The normalized spacial score (nSPS) is 11.8. The molecule has 6 heteroatoms. The molecular formula is C17H14N2O3S. The second-order valence-corrected chi connectivity index (χ2v) is 6.61. The first-order valence-corrected chi connectivity index (χ1v) is 8.36. The van der Waals surface area contributed by atoms with Crippen molar-refractivity contribution in [3.8, 4) is 5.75 Å². The van der Waals surface area contributed by atoms with Crippen LogP contribution in [0.3, 0.4) is 0 Å². The minimum absolute atomic E-state index is 0.138. The van der Waals surface area contributed by atoms with Crippen LogP contribution < -0.4 is 4.83 Å². The number of phenolic OH excluding ortho intramolecular Hbond substituents is 1. The van der Waals surface area contributed by atoms with Gasteiger partial charge in [-0.15, -0.1) is 0 Å². The van der Waals surface area contributed by atoms with Crippen molar-refractivity contribution < 1.29 is 13.5 Å². The quantitative estimate of drug-likeness (QED) is 0.571. The van der Waals surface area contributed by atoms with Crippen LogP contribution in [0.2, 0.25) is 0 Å². The molecule has 3 aromatic carbocycles. The molecule has 0 saturated carbocycles. The van der Waals surface area contributed by atoms with Gasteiger partial charge in [0.1, 0.15) is 5.75 Å². The topological polar surface area (TPSA) is 78.8 Å². The van der Waals surface area contributed by atoms with Gasteiger partial charge in [0.05, 0.1) is 11.1 Å². The van der Waals surface area contributed by atoms with Crippen molar-refractivity contribution in [2.24, 2.45) is 5.10 Å². The van der Waals surface area contributed by atoms with Crippen molar-refractivity contribution >= 4 is 27.0 Å². The molecule has 0 radical (unpaired) electrons. The zero-order valence-electron chi connectivity index (χ0n) is 12.0. The predicted octanol–water partition coefficient (Wildman–Crippen LogP) is 2.86. The first kappa shape index (κ1) is 15.1. The maximum Gasteiger partial charge on any atom is 0.276 e. The number of hydrazone groups is 1. The number of phenols is 1. The number of rotatable bonds is 4. The lowest BCUT2D eigenvalue weighted by molar-refractivity contribution is 0.475. The first-order chi connectivity index (χ1) is 11.0. The van der Waals surface area contributed by atoms with E-state index in [9.17, 15) is 13.5 Å². The van der Waals surface area contributed by atoms with E-state index in [2.05, 4.69) is 9.93 Å². The van der Waals surface area contributed by atoms with E-state index in [4.69, 9.17) is 0 Å². The minimum atomic E-state index is -3.73. The molecule has 0 aliphatic carbocycles. The molecule has 23 heavy (non-hydrogen) atoms. The molecule has 0 aliphatic heterocycles. The van der Waals surface area contributed by atoms with Crippen LogP contribution in [0.4, 0.5) is 0 Å². The molecule has 3 rings (SSSR count). The Hall–Kier alpha value is -2.86. The third kappa shape index (κ3) is 3.49. The summed E-state index contributed by atoms with van der Waals surface area (Å²) >= 11 is 0. The molecule has 0 heterocycles. The van der Waals surface area contributed by atoms with Gasteiger partial charge in [-0.1, -0.05) is 30.3 Å². The number of sulfonamides is 1. The summed E-state index contributed by atoms with van der Waals surface area (Å²) in [6.07, 6.45) is 1.37. The smallest absolute Gasteiger partial charge is 0.276 e. The third-order valence-electron chi connectivity index (χ3n) is 3.31. The Morgan fingerprint density at radius 1 is 0.913 bits per heavy atom. The van der Waals surface area contributed by atoms with Crippen molar-refractivity contribution in [2.45, 2.75) is 4.90 Å². The molecule has 116 valence electrons. The SMILES string of the molecule is O=S(=O)(N/N=C\c1ccc(O)cc1)c1ccc2ccccc2c1. The number of nitrogens with one attached hydrogen (secondary N) is 1. The Morgan fingerprint density at radius 2 is 1.61 bits per heavy atom. The fraction of sp³-hybridized carbons (Fsp3) is 0. The molecule has 0 bridgehead atoms. The highest BCUT2D eigenvalue weighted by Crippen LogP contribution is 2.18. The van der Waals surface area contributed by atoms with Gasteiger partial charge in [-0.05, 0) is 52.7 Å². The largest absolute Gasteiger partial charge is 0.508 e. The van der Waals surface area contributed by atoms with Crippen LogP contribution in [-0.2, 0) is 10.0 Å². The van der Waals surface area contributed by atoms with Gasteiger partial charge in [0.25, 0.3) is 10.0 Å². The number of hydrogen-bond donors (Lipinski definition) is 2. The van der Waals surface area contributed by atoms with Crippen molar-refractivity contribution in [3.05, 3.63) is 72.3 Å². The van der Waals surface area contributed by atoms with Gasteiger partial charge in [0, 0.05) is 0 Å². The van der Waals surface area contributed by atoms with Gasteiger partial charge < -0.3 is 5.11 Å². The van der Waals surface area contributed by atoms with Crippen LogP contribution in [0.25, 0.3) is 10.8 Å². The maximum atomic E-state index is 12.3. The predicted molar refractivity (Wildman–Crippen MR) is 90.0 cm³/mol. The van der Waals surface area contributed by atoms with Gasteiger partial charge in [-0.2, -0.15) is 13.5 Å². The van der Waals surface area contributed by atoms with Crippen LogP contribution in [0.5, 0.6) is 5.75 Å². The average molecular weight is 326 g/mol. The Balaban J connectivity index is 1.81. The van der Waals surface area contributed by atoms with Crippen molar-refractivity contribution in [2.75, 3.05) is 0 Å². The van der Waals surface area contributed by atoms with E-state index in [1.807, 2.05) is 24.3 Å². The van der Waals surface area contributed by atoms with Gasteiger partial charge in [0.2, 0.25) is 0 Å². The Labute approximate surface area is 134 Å². The summed E-state index contributed by atoms with van der Waals surface area (Å²) < 4.78 is 24.5. The molecule has 0 fully saturated rings. The summed E-state index contributed by atoms with van der Waals surface area (Å²) in [4.78, 5) is 2.33. The Kier molecular flexibility index (Phi) is 3.99. The summed E-state index contributed by atoms with van der Waals surface area (Å²) in [5, 5.41) is 14.8. The molecule has 0 saturated heterocycles. The van der Waals surface area contributed by atoms with E-state index in [0.717, 1.165) is 10.8 Å². The molecule has 0 unspecified atom stereocenters. The summed E-state index contributed by atoms with van der Waals surface area (Å²) in [5.74, 6) is 0.138. The summed E-state index contributed by atoms with van der Waals surface area (Å²) in [5.41, 5.74) is 0.670. The van der Waals surface area contributed by atoms with Gasteiger partial charge >= 0.3 is 0 Å². The van der Waals surface area contributed by atoms with Crippen molar-refractivity contribution in [1.29, 1.82) is 0 Å². The van der Waals surface area contributed by atoms with E-state index >= 15 is 0 Å². The van der Waals surface area contributed by atoms with Crippen LogP contribution in [-0.4, -0.2) is 19.7 Å². The van der Waals surface area contributed by atoms with Crippen LogP contribution >= 0.6 is 0 Å². The van der Waals surface area contributed by atoms with Gasteiger partial charge in [0.15, 0.2) is 0 Å². The molecule has 0 aromatic heterocycles. The molecular weight excluding hydrogens is 312 g/mol. The summed E-state index contributed by atoms with van der Waals surface area (Å²) in [7, 11) is -3.73. The lowest BCUT2D eigenvalue weighted by Crippen LogP contribution is -2.18. The summed E-state index contributed by atoms with van der Waals surface area (Å²) in [6.45, 7) is 0. The number of fused-ring (bicyclic) bond motifs is 1. The van der Waals surface area contributed by atoms with E-state index in [1.165, 1.54) is 18.3 Å².